The minimum absolute atomic E-state index is 0.234. The van der Waals surface area contributed by atoms with Crippen molar-refractivity contribution in [2.24, 2.45) is 0 Å². The van der Waals surface area contributed by atoms with Crippen LogP contribution in [0.15, 0.2) is 24.3 Å². The molecule has 1 fully saturated rings. The summed E-state index contributed by atoms with van der Waals surface area (Å²) in [5, 5.41) is 2.78. The van der Waals surface area contributed by atoms with Gasteiger partial charge in [0.1, 0.15) is 5.82 Å². The van der Waals surface area contributed by atoms with Crippen molar-refractivity contribution in [3.8, 4) is 0 Å². The van der Waals surface area contributed by atoms with Crippen LogP contribution in [0.1, 0.15) is 48.9 Å². The van der Waals surface area contributed by atoms with Gasteiger partial charge in [-0.15, -0.1) is 0 Å². The first-order chi connectivity index (χ1) is 9.75. The Morgan fingerprint density at radius 3 is 2.85 bits per heavy atom. The van der Waals surface area contributed by atoms with Gasteiger partial charge in [-0.2, -0.15) is 0 Å². The SMILES string of the molecule is O=C(NCCCOC1CCCCC1)c1cccc(F)c1. The molecule has 110 valence electrons. The number of rotatable bonds is 6. The summed E-state index contributed by atoms with van der Waals surface area (Å²) in [7, 11) is 0. The Hall–Kier alpha value is -1.42. The third-order valence-electron chi connectivity index (χ3n) is 3.60. The van der Waals surface area contributed by atoms with Crippen molar-refractivity contribution in [1.29, 1.82) is 0 Å². The van der Waals surface area contributed by atoms with Gasteiger partial charge in [0.2, 0.25) is 0 Å². The number of halogens is 1. The predicted molar refractivity (Wildman–Crippen MR) is 76.2 cm³/mol. The predicted octanol–water partition coefficient (Wildman–Crippen LogP) is 3.29. The van der Waals surface area contributed by atoms with Gasteiger partial charge in [-0.05, 0) is 37.5 Å². The van der Waals surface area contributed by atoms with E-state index >= 15 is 0 Å². The van der Waals surface area contributed by atoms with Gasteiger partial charge in [0.05, 0.1) is 6.10 Å². The molecule has 2 rings (SSSR count). The van der Waals surface area contributed by atoms with E-state index in [-0.39, 0.29) is 5.91 Å². The average Bonchev–Trinajstić information content (AvgIpc) is 2.48. The van der Waals surface area contributed by atoms with Gasteiger partial charge in [-0.25, -0.2) is 4.39 Å². The number of ether oxygens (including phenoxy) is 1. The van der Waals surface area contributed by atoms with Crippen molar-refractivity contribution in [1.82, 2.24) is 5.32 Å². The Morgan fingerprint density at radius 2 is 2.10 bits per heavy atom. The lowest BCUT2D eigenvalue weighted by molar-refractivity contribution is 0.0273. The molecular formula is C16H22FNO2. The minimum atomic E-state index is -0.390. The highest BCUT2D eigenvalue weighted by molar-refractivity contribution is 5.94. The fourth-order valence-corrected chi connectivity index (χ4v) is 2.49. The molecular weight excluding hydrogens is 257 g/mol. The van der Waals surface area contributed by atoms with E-state index in [2.05, 4.69) is 5.32 Å². The molecule has 0 bridgehead atoms. The molecule has 0 aliphatic heterocycles. The van der Waals surface area contributed by atoms with Gasteiger partial charge in [0, 0.05) is 18.7 Å². The molecule has 0 heterocycles. The second-order valence-corrected chi connectivity index (χ2v) is 5.25. The van der Waals surface area contributed by atoms with Crippen LogP contribution in [0.2, 0.25) is 0 Å². The monoisotopic (exact) mass is 279 g/mol. The van der Waals surface area contributed by atoms with E-state index in [1.54, 1.807) is 6.07 Å². The first-order valence-corrected chi connectivity index (χ1v) is 7.41. The number of nitrogens with one attached hydrogen (secondary N) is 1. The highest BCUT2D eigenvalue weighted by atomic mass is 19.1. The molecule has 1 N–H and O–H groups in total. The lowest BCUT2D eigenvalue weighted by Crippen LogP contribution is -2.26. The molecule has 0 saturated heterocycles. The number of carbonyl (C=O) groups excluding carboxylic acids is 1. The zero-order valence-electron chi connectivity index (χ0n) is 11.7. The molecule has 0 atom stereocenters. The summed E-state index contributed by atoms with van der Waals surface area (Å²) in [4.78, 5) is 11.7. The zero-order chi connectivity index (χ0) is 14.2. The van der Waals surface area contributed by atoms with Gasteiger partial charge < -0.3 is 10.1 Å². The summed E-state index contributed by atoms with van der Waals surface area (Å²) in [6.07, 6.45) is 7.37. The van der Waals surface area contributed by atoms with Crippen LogP contribution >= 0.6 is 0 Å². The first-order valence-electron chi connectivity index (χ1n) is 7.41. The molecule has 3 nitrogen and oxygen atoms in total. The van der Waals surface area contributed by atoms with E-state index < -0.39 is 5.82 Å². The average molecular weight is 279 g/mol. The standard InChI is InChI=1S/C16H22FNO2/c17-14-7-4-6-13(12-14)16(19)18-10-5-11-20-15-8-2-1-3-9-15/h4,6-7,12,15H,1-3,5,8-11H2,(H,18,19). The molecule has 20 heavy (non-hydrogen) atoms. The Labute approximate surface area is 119 Å². The van der Waals surface area contributed by atoms with Crippen LogP contribution in [0.4, 0.5) is 4.39 Å². The summed E-state index contributed by atoms with van der Waals surface area (Å²) in [5.74, 6) is -0.625. The quantitative estimate of drug-likeness (QED) is 0.811. The van der Waals surface area contributed by atoms with Crippen molar-refractivity contribution < 1.29 is 13.9 Å². The first kappa shape index (κ1) is 15.0. The molecule has 1 aliphatic rings. The normalized spacial score (nSPS) is 16.1. The van der Waals surface area contributed by atoms with Crippen LogP contribution in [0.5, 0.6) is 0 Å². The Bertz CT molecular complexity index is 430. The highest BCUT2D eigenvalue weighted by Gasteiger charge is 2.13. The van der Waals surface area contributed by atoms with E-state index in [0.29, 0.717) is 24.8 Å². The zero-order valence-corrected chi connectivity index (χ0v) is 11.7. The Balaban J connectivity index is 1.59. The lowest BCUT2D eigenvalue weighted by Gasteiger charge is -2.21. The Morgan fingerprint density at radius 1 is 1.30 bits per heavy atom. The van der Waals surface area contributed by atoms with Crippen molar-refractivity contribution in [2.75, 3.05) is 13.2 Å². The van der Waals surface area contributed by atoms with Crippen LogP contribution in [-0.4, -0.2) is 25.2 Å². The molecule has 0 aromatic heterocycles. The summed E-state index contributed by atoms with van der Waals surface area (Å²) in [6, 6.07) is 5.72. The van der Waals surface area contributed by atoms with Crippen LogP contribution < -0.4 is 5.32 Å². The van der Waals surface area contributed by atoms with E-state index in [4.69, 9.17) is 4.74 Å². The molecule has 1 aromatic carbocycles. The number of amides is 1. The second kappa shape index (κ2) is 8.00. The summed E-state index contributed by atoms with van der Waals surface area (Å²) in [6.45, 7) is 1.23. The van der Waals surface area contributed by atoms with E-state index in [9.17, 15) is 9.18 Å². The molecule has 4 heteroatoms. The number of benzene rings is 1. The van der Waals surface area contributed by atoms with E-state index in [1.807, 2.05) is 0 Å². The molecule has 1 aromatic rings. The number of hydrogen-bond acceptors (Lipinski definition) is 2. The van der Waals surface area contributed by atoms with Crippen molar-refractivity contribution >= 4 is 5.91 Å². The summed E-state index contributed by atoms with van der Waals surface area (Å²) < 4.78 is 18.8. The second-order valence-electron chi connectivity index (χ2n) is 5.25. The van der Waals surface area contributed by atoms with Gasteiger partial charge in [-0.3, -0.25) is 4.79 Å². The largest absolute Gasteiger partial charge is 0.378 e. The summed E-state index contributed by atoms with van der Waals surface area (Å²) >= 11 is 0. The van der Waals surface area contributed by atoms with E-state index in [0.717, 1.165) is 19.3 Å². The molecule has 0 spiro atoms. The number of carbonyl (C=O) groups is 1. The van der Waals surface area contributed by atoms with Crippen LogP contribution in [-0.2, 0) is 4.74 Å². The third-order valence-corrected chi connectivity index (χ3v) is 3.60. The molecule has 1 amide bonds. The molecule has 1 saturated carbocycles. The maximum atomic E-state index is 13.0. The fourth-order valence-electron chi connectivity index (χ4n) is 2.49. The van der Waals surface area contributed by atoms with Crippen molar-refractivity contribution in [3.05, 3.63) is 35.6 Å². The maximum Gasteiger partial charge on any atom is 0.251 e. The fraction of sp³-hybridized carbons (Fsp3) is 0.562. The minimum Gasteiger partial charge on any atom is -0.378 e. The van der Waals surface area contributed by atoms with Gasteiger partial charge in [0.25, 0.3) is 5.91 Å². The van der Waals surface area contributed by atoms with Crippen LogP contribution in [0, 0.1) is 5.82 Å². The molecule has 0 unspecified atom stereocenters. The Kier molecular flexibility index (Phi) is 5.99. The smallest absolute Gasteiger partial charge is 0.251 e. The molecule has 1 aliphatic carbocycles. The third kappa shape index (κ3) is 4.93. The topological polar surface area (TPSA) is 38.3 Å². The highest BCUT2D eigenvalue weighted by Crippen LogP contribution is 2.20. The van der Waals surface area contributed by atoms with Gasteiger partial charge >= 0.3 is 0 Å². The van der Waals surface area contributed by atoms with Crippen molar-refractivity contribution in [2.45, 2.75) is 44.6 Å². The molecule has 0 radical (unpaired) electrons. The van der Waals surface area contributed by atoms with Crippen LogP contribution in [0.25, 0.3) is 0 Å². The maximum absolute atomic E-state index is 13.0. The van der Waals surface area contributed by atoms with Crippen molar-refractivity contribution in [3.63, 3.8) is 0 Å². The summed E-state index contributed by atoms with van der Waals surface area (Å²) in [5.41, 5.74) is 0.359. The lowest BCUT2D eigenvalue weighted by atomic mass is 9.98. The van der Waals surface area contributed by atoms with E-state index in [1.165, 1.54) is 37.5 Å². The van der Waals surface area contributed by atoms with Gasteiger partial charge in [0.15, 0.2) is 0 Å². The van der Waals surface area contributed by atoms with Crippen LogP contribution in [0.3, 0.4) is 0 Å². The van der Waals surface area contributed by atoms with Gasteiger partial charge in [-0.1, -0.05) is 25.3 Å². The number of hydrogen-bond donors (Lipinski definition) is 1.